The number of quaternary nitrogens is 1. The molecule has 0 unspecified atom stereocenters. The number of hydrogen-bond donors (Lipinski definition) is 0. The van der Waals surface area contributed by atoms with Crippen molar-refractivity contribution >= 4 is 0 Å². The number of rotatable bonds is 45. The Hall–Kier alpha value is -0.0800. The van der Waals surface area contributed by atoms with Gasteiger partial charge in [-0.2, -0.15) is 0 Å². The Morgan fingerprint density at radius 2 is 0.314 bits per heavy atom. The highest BCUT2D eigenvalue weighted by atomic mass is 16.0. The predicted octanol–water partition coefficient (Wildman–Crippen LogP) is 17.7. The lowest BCUT2D eigenvalue weighted by Crippen LogP contribution is -2.46. The van der Waals surface area contributed by atoms with E-state index < -0.39 is 0 Å². The van der Waals surface area contributed by atoms with Gasteiger partial charge in [-0.1, -0.05) is 252 Å². The molecule has 0 spiro atoms. The van der Waals surface area contributed by atoms with Crippen LogP contribution in [0.15, 0.2) is 0 Å². The van der Waals surface area contributed by atoms with Gasteiger partial charge in [-0.05, 0) is 38.5 Å². The summed E-state index contributed by atoms with van der Waals surface area (Å²) in [5.41, 5.74) is 0. The van der Waals surface area contributed by atoms with Gasteiger partial charge in [0.05, 0.1) is 26.7 Å². The third-order valence-corrected chi connectivity index (χ3v) is 12.2. The second kappa shape index (κ2) is 46.1. The summed E-state index contributed by atoms with van der Waals surface area (Å²) in [6.07, 6.45) is 61.7. The standard InChI is InChI=1S/C49H102N.H2O/c1-5-8-11-14-17-20-23-26-29-32-35-38-41-44-47-50(4,48-45-42-39-36-33-30-27-24-21-18-15-12-9-6-2)49-46-43-40-37-34-31-28-25-22-19-16-13-10-7-3;/h5-49H2,1-4H3;1H2/q+1;/p-1. The van der Waals surface area contributed by atoms with E-state index in [4.69, 9.17) is 0 Å². The van der Waals surface area contributed by atoms with Gasteiger partial charge in [0.25, 0.3) is 0 Å². The molecule has 0 aliphatic rings. The Bertz CT molecular complexity index is 512. The summed E-state index contributed by atoms with van der Waals surface area (Å²) < 4.78 is 1.37. The molecule has 51 heavy (non-hydrogen) atoms. The summed E-state index contributed by atoms with van der Waals surface area (Å²) in [5, 5.41) is 0. The number of unbranched alkanes of at least 4 members (excludes halogenated alkanes) is 39. The predicted molar refractivity (Wildman–Crippen MR) is 234 cm³/mol. The molecule has 0 fully saturated rings. The molecule has 2 heteroatoms. The van der Waals surface area contributed by atoms with Gasteiger partial charge in [-0.25, -0.2) is 0 Å². The molecule has 310 valence electrons. The molecule has 0 saturated heterocycles. The maximum Gasteiger partial charge on any atom is 0.0784 e. The lowest BCUT2D eigenvalue weighted by atomic mass is 10.0. The van der Waals surface area contributed by atoms with Crippen LogP contribution in [0.4, 0.5) is 0 Å². The molecular weight excluding hydrogens is 619 g/mol. The van der Waals surface area contributed by atoms with Gasteiger partial charge >= 0.3 is 0 Å². The van der Waals surface area contributed by atoms with Crippen molar-refractivity contribution in [2.24, 2.45) is 0 Å². The van der Waals surface area contributed by atoms with Gasteiger partial charge in [0, 0.05) is 0 Å². The van der Waals surface area contributed by atoms with Crippen molar-refractivity contribution in [3.8, 4) is 0 Å². The minimum Gasteiger partial charge on any atom is -0.870 e. The molecule has 0 rings (SSSR count). The Kier molecular flexibility index (Phi) is 47.9. The quantitative estimate of drug-likeness (QED) is 0.0455. The highest BCUT2D eigenvalue weighted by molar-refractivity contribution is 4.54. The summed E-state index contributed by atoms with van der Waals surface area (Å²) in [7, 11) is 2.63. The average Bonchev–Trinajstić information content (AvgIpc) is 3.12. The molecule has 0 aliphatic carbocycles. The van der Waals surface area contributed by atoms with Crippen LogP contribution in [0.3, 0.4) is 0 Å². The Labute approximate surface area is 326 Å². The molecule has 0 aromatic carbocycles. The Balaban J connectivity index is 0. The van der Waals surface area contributed by atoms with Crippen LogP contribution in [0.2, 0.25) is 0 Å². The lowest BCUT2D eigenvalue weighted by Gasteiger charge is -2.35. The molecule has 1 N–H and O–H groups in total. The van der Waals surface area contributed by atoms with Crippen molar-refractivity contribution < 1.29 is 9.96 Å². The normalized spacial score (nSPS) is 11.8. The van der Waals surface area contributed by atoms with E-state index in [1.54, 1.807) is 0 Å². The smallest absolute Gasteiger partial charge is 0.0784 e. The van der Waals surface area contributed by atoms with E-state index in [0.717, 1.165) is 0 Å². The van der Waals surface area contributed by atoms with Crippen molar-refractivity contribution in [2.45, 2.75) is 290 Å². The first-order valence-corrected chi connectivity index (χ1v) is 24.5. The first-order chi connectivity index (χ1) is 24.7. The molecule has 0 bridgehead atoms. The molecular formula is C49H103NO. The Morgan fingerprint density at radius 3 is 0.451 bits per heavy atom. The van der Waals surface area contributed by atoms with E-state index >= 15 is 0 Å². The SMILES string of the molecule is CCCCCCCCCCCCCCCC[N+](C)(CCCCCCCCCCCCCCCC)CCCCCCCCCCCCCCCC.[OH-]. The molecule has 0 atom stereocenters. The molecule has 0 heterocycles. The first kappa shape index (κ1) is 53.0. The van der Waals surface area contributed by atoms with Crippen LogP contribution < -0.4 is 0 Å². The largest absolute Gasteiger partial charge is 0.870 e. The molecule has 0 aliphatic heterocycles. The van der Waals surface area contributed by atoms with Gasteiger partial charge in [-0.15, -0.1) is 0 Å². The number of nitrogens with zero attached hydrogens (tertiary/aromatic N) is 1. The van der Waals surface area contributed by atoms with E-state index in [1.807, 2.05) is 0 Å². The van der Waals surface area contributed by atoms with E-state index in [0.29, 0.717) is 0 Å². The van der Waals surface area contributed by atoms with Gasteiger partial charge < -0.3 is 9.96 Å². The third-order valence-electron chi connectivity index (χ3n) is 12.2. The average molecular weight is 722 g/mol. The monoisotopic (exact) mass is 722 g/mol. The van der Waals surface area contributed by atoms with Crippen molar-refractivity contribution in [2.75, 3.05) is 26.7 Å². The second-order valence-electron chi connectivity index (χ2n) is 17.6. The highest BCUT2D eigenvalue weighted by Gasteiger charge is 2.20. The maximum absolute atomic E-state index is 2.63. The summed E-state index contributed by atoms with van der Waals surface area (Å²) in [6, 6.07) is 0. The maximum atomic E-state index is 2.63. The van der Waals surface area contributed by atoms with Crippen molar-refractivity contribution in [1.82, 2.24) is 0 Å². The zero-order valence-electron chi connectivity index (χ0n) is 36.7. The lowest BCUT2D eigenvalue weighted by molar-refractivity contribution is -0.910. The molecule has 0 saturated carbocycles. The van der Waals surface area contributed by atoms with Crippen molar-refractivity contribution in [3.63, 3.8) is 0 Å². The van der Waals surface area contributed by atoms with Crippen LogP contribution in [0.25, 0.3) is 0 Å². The summed E-state index contributed by atoms with van der Waals surface area (Å²) >= 11 is 0. The van der Waals surface area contributed by atoms with Crippen molar-refractivity contribution in [3.05, 3.63) is 0 Å². The van der Waals surface area contributed by atoms with Crippen molar-refractivity contribution in [1.29, 1.82) is 0 Å². The van der Waals surface area contributed by atoms with Crippen LogP contribution in [0, 0.1) is 0 Å². The van der Waals surface area contributed by atoms with Crippen LogP contribution in [-0.2, 0) is 0 Å². The summed E-state index contributed by atoms with van der Waals surface area (Å²) in [6.45, 7) is 11.3. The van der Waals surface area contributed by atoms with Gasteiger partial charge in [-0.3, -0.25) is 0 Å². The fraction of sp³-hybridized carbons (Fsp3) is 1.00. The fourth-order valence-electron chi connectivity index (χ4n) is 8.40. The fourth-order valence-corrected chi connectivity index (χ4v) is 8.40. The molecule has 0 aromatic heterocycles. The zero-order valence-corrected chi connectivity index (χ0v) is 36.7. The van der Waals surface area contributed by atoms with E-state index in [-0.39, 0.29) is 5.48 Å². The molecule has 0 aromatic rings. The topological polar surface area (TPSA) is 30.0 Å². The minimum atomic E-state index is 0. The third kappa shape index (κ3) is 44.2. The molecule has 0 radical (unpaired) electrons. The van der Waals surface area contributed by atoms with E-state index in [2.05, 4.69) is 27.8 Å². The van der Waals surface area contributed by atoms with Crippen LogP contribution in [-0.4, -0.2) is 36.6 Å². The minimum absolute atomic E-state index is 0. The molecule has 0 amide bonds. The summed E-state index contributed by atoms with van der Waals surface area (Å²) in [5.74, 6) is 0. The van der Waals surface area contributed by atoms with Gasteiger partial charge in [0.1, 0.15) is 0 Å². The highest BCUT2D eigenvalue weighted by Crippen LogP contribution is 2.19. The molecule has 2 nitrogen and oxygen atoms in total. The van der Waals surface area contributed by atoms with Gasteiger partial charge in [0.15, 0.2) is 0 Å². The Morgan fingerprint density at radius 1 is 0.196 bits per heavy atom. The zero-order chi connectivity index (χ0) is 36.3. The summed E-state index contributed by atoms with van der Waals surface area (Å²) in [4.78, 5) is 0. The van der Waals surface area contributed by atoms with E-state index in [9.17, 15) is 0 Å². The number of hydrogen-bond acceptors (Lipinski definition) is 1. The van der Waals surface area contributed by atoms with Crippen LogP contribution in [0.5, 0.6) is 0 Å². The van der Waals surface area contributed by atoms with E-state index in [1.165, 1.54) is 294 Å². The second-order valence-corrected chi connectivity index (χ2v) is 17.6. The van der Waals surface area contributed by atoms with Crippen LogP contribution >= 0.6 is 0 Å². The van der Waals surface area contributed by atoms with Gasteiger partial charge in [0.2, 0.25) is 0 Å². The first-order valence-electron chi connectivity index (χ1n) is 24.5. The van der Waals surface area contributed by atoms with Crippen LogP contribution in [0.1, 0.15) is 290 Å².